The fraction of sp³-hybridized carbons (Fsp3) is 0.308. The van der Waals surface area contributed by atoms with Crippen LogP contribution in [0.2, 0.25) is 0 Å². The van der Waals surface area contributed by atoms with Crippen LogP contribution < -0.4 is 5.32 Å². The van der Waals surface area contributed by atoms with Gasteiger partial charge in [-0.15, -0.1) is 11.3 Å². The number of benzene rings is 2. The summed E-state index contributed by atoms with van der Waals surface area (Å²) < 4.78 is 0.859. The number of hydrogen-bond acceptors (Lipinski definition) is 4. The van der Waals surface area contributed by atoms with Crippen molar-refractivity contribution in [1.82, 2.24) is 0 Å². The monoisotopic (exact) mass is 510 g/mol. The van der Waals surface area contributed by atoms with Crippen molar-refractivity contribution in [3.8, 4) is 5.75 Å². The zero-order chi connectivity index (χ0) is 22.9. The Balaban J connectivity index is 1.73. The van der Waals surface area contributed by atoms with Crippen LogP contribution in [-0.2, 0) is 12.8 Å². The van der Waals surface area contributed by atoms with Crippen LogP contribution in [0, 0.1) is 11.3 Å². The summed E-state index contributed by atoms with van der Waals surface area (Å²) in [4.78, 5) is 19.3. The van der Waals surface area contributed by atoms with Crippen molar-refractivity contribution in [1.29, 1.82) is 0 Å². The van der Waals surface area contributed by atoms with Gasteiger partial charge in [-0.05, 0) is 66.5 Å². The number of aliphatic imine (C=N–C) groups is 1. The lowest BCUT2D eigenvalue weighted by molar-refractivity contribution is 0.102. The molecule has 32 heavy (non-hydrogen) atoms. The molecule has 0 bridgehead atoms. The van der Waals surface area contributed by atoms with E-state index >= 15 is 0 Å². The van der Waals surface area contributed by atoms with Crippen molar-refractivity contribution in [2.45, 2.75) is 40.0 Å². The number of thiophene rings is 1. The van der Waals surface area contributed by atoms with E-state index in [0.29, 0.717) is 22.0 Å². The highest BCUT2D eigenvalue weighted by atomic mass is 79.9. The molecule has 0 spiro atoms. The number of carbonyl (C=O) groups excluding carboxylic acids is 1. The van der Waals surface area contributed by atoms with E-state index in [4.69, 9.17) is 0 Å². The summed E-state index contributed by atoms with van der Waals surface area (Å²) in [7, 11) is 0. The Kier molecular flexibility index (Phi) is 6.54. The van der Waals surface area contributed by atoms with Gasteiger partial charge in [0.25, 0.3) is 5.91 Å². The van der Waals surface area contributed by atoms with Gasteiger partial charge >= 0.3 is 0 Å². The minimum Gasteiger partial charge on any atom is -0.507 e. The molecule has 0 radical (unpaired) electrons. The first-order valence-electron chi connectivity index (χ1n) is 10.8. The summed E-state index contributed by atoms with van der Waals surface area (Å²) in [5.74, 6) is 0.597. The molecule has 0 aliphatic heterocycles. The van der Waals surface area contributed by atoms with Gasteiger partial charge in [0, 0.05) is 26.8 Å². The third-order valence-corrected chi connectivity index (χ3v) is 7.70. The van der Waals surface area contributed by atoms with E-state index in [-0.39, 0.29) is 17.1 Å². The number of halogens is 1. The normalized spacial score (nSPS) is 16.2. The molecule has 3 aromatic rings. The zero-order valence-electron chi connectivity index (χ0n) is 18.5. The fourth-order valence-electron chi connectivity index (χ4n) is 4.11. The average Bonchev–Trinajstić information content (AvgIpc) is 3.12. The second-order valence-corrected chi connectivity index (χ2v) is 11.3. The number of carbonyl (C=O) groups is 1. The van der Waals surface area contributed by atoms with E-state index < -0.39 is 0 Å². The molecule has 1 aliphatic carbocycles. The Hall–Kier alpha value is -2.44. The number of nitrogens with one attached hydrogen (secondary N) is 1. The highest BCUT2D eigenvalue weighted by molar-refractivity contribution is 9.10. The van der Waals surface area contributed by atoms with Crippen molar-refractivity contribution in [3.63, 3.8) is 0 Å². The molecule has 6 heteroatoms. The van der Waals surface area contributed by atoms with Gasteiger partial charge in [0.2, 0.25) is 0 Å². The Morgan fingerprint density at radius 3 is 2.69 bits per heavy atom. The van der Waals surface area contributed by atoms with E-state index in [9.17, 15) is 9.90 Å². The van der Waals surface area contributed by atoms with E-state index in [1.807, 2.05) is 36.4 Å². The van der Waals surface area contributed by atoms with E-state index in [1.165, 1.54) is 4.88 Å². The predicted molar refractivity (Wildman–Crippen MR) is 137 cm³/mol. The SMILES string of the molecule is CC(C)(C)[C@H]1CCc2c(sc(N=Cc3cc(Br)ccc3O)c2C(=O)Nc2ccccc2)C1. The number of rotatable bonds is 4. The minimum atomic E-state index is -0.131. The summed E-state index contributed by atoms with van der Waals surface area (Å²) in [6.07, 6.45) is 4.54. The number of fused-ring (bicyclic) bond motifs is 1. The number of anilines is 1. The summed E-state index contributed by atoms with van der Waals surface area (Å²) in [5.41, 5.74) is 3.37. The Bertz CT molecular complexity index is 1160. The predicted octanol–water partition coefficient (Wildman–Crippen LogP) is 7.37. The van der Waals surface area contributed by atoms with Crippen molar-refractivity contribution in [2.75, 3.05) is 5.32 Å². The van der Waals surface area contributed by atoms with Crippen LogP contribution in [0.4, 0.5) is 10.7 Å². The number of aromatic hydroxyl groups is 1. The molecule has 4 rings (SSSR count). The molecular weight excluding hydrogens is 484 g/mol. The molecule has 4 nitrogen and oxygen atoms in total. The Morgan fingerprint density at radius 2 is 1.97 bits per heavy atom. The minimum absolute atomic E-state index is 0.131. The molecule has 0 saturated carbocycles. The number of phenolic OH excluding ortho intramolecular Hbond substituents is 1. The molecule has 166 valence electrons. The van der Waals surface area contributed by atoms with Crippen LogP contribution in [-0.4, -0.2) is 17.2 Å². The lowest BCUT2D eigenvalue weighted by atomic mass is 9.72. The van der Waals surface area contributed by atoms with Gasteiger partial charge in [-0.1, -0.05) is 54.9 Å². The number of phenols is 1. The second-order valence-electron chi connectivity index (χ2n) is 9.27. The summed E-state index contributed by atoms with van der Waals surface area (Å²) in [5, 5.41) is 13.9. The van der Waals surface area contributed by atoms with Crippen molar-refractivity contribution >= 4 is 50.1 Å². The molecule has 1 aromatic heterocycles. The lowest BCUT2D eigenvalue weighted by Crippen LogP contribution is -2.27. The van der Waals surface area contributed by atoms with E-state index in [0.717, 1.165) is 35.0 Å². The molecule has 1 atom stereocenters. The average molecular weight is 511 g/mol. The maximum Gasteiger partial charge on any atom is 0.259 e. The number of nitrogens with zero attached hydrogens (tertiary/aromatic N) is 1. The third kappa shape index (κ3) is 4.97. The van der Waals surface area contributed by atoms with Crippen LogP contribution in [0.3, 0.4) is 0 Å². The van der Waals surface area contributed by atoms with Gasteiger partial charge in [-0.2, -0.15) is 0 Å². The molecule has 1 amide bonds. The quantitative estimate of drug-likeness (QED) is 0.359. The highest BCUT2D eigenvalue weighted by Crippen LogP contribution is 2.45. The molecule has 0 unspecified atom stereocenters. The largest absolute Gasteiger partial charge is 0.507 e. The molecule has 0 fully saturated rings. The molecular formula is C26H27BrN2O2S. The highest BCUT2D eigenvalue weighted by Gasteiger charge is 2.33. The first-order valence-corrected chi connectivity index (χ1v) is 12.4. The first-order chi connectivity index (χ1) is 15.2. The number of hydrogen-bond donors (Lipinski definition) is 2. The van der Waals surface area contributed by atoms with Crippen molar-refractivity contribution in [2.24, 2.45) is 16.3 Å². The maximum absolute atomic E-state index is 13.3. The standard InChI is InChI=1S/C26H27BrN2O2S/c1-26(2,3)17-9-11-20-22(14-17)32-25(28-15-16-13-18(27)10-12-21(16)30)23(20)24(31)29-19-7-5-4-6-8-19/h4-8,10,12-13,15,17,30H,9,11,14H2,1-3H3,(H,29,31)/t17-/m0/s1. The zero-order valence-corrected chi connectivity index (χ0v) is 20.9. The summed E-state index contributed by atoms with van der Waals surface area (Å²) >= 11 is 5.03. The van der Waals surface area contributed by atoms with Gasteiger partial charge in [0.1, 0.15) is 10.8 Å². The lowest BCUT2D eigenvalue weighted by Gasteiger charge is -2.33. The van der Waals surface area contributed by atoms with Crippen LogP contribution in [0.5, 0.6) is 5.75 Å². The van der Waals surface area contributed by atoms with Crippen molar-refractivity contribution < 1.29 is 9.90 Å². The smallest absolute Gasteiger partial charge is 0.259 e. The van der Waals surface area contributed by atoms with E-state index in [2.05, 4.69) is 47.0 Å². The maximum atomic E-state index is 13.3. The molecule has 0 saturated heterocycles. The van der Waals surface area contributed by atoms with Crippen molar-refractivity contribution in [3.05, 3.63) is 74.6 Å². The molecule has 2 aromatic carbocycles. The van der Waals surface area contributed by atoms with E-state index in [1.54, 1.807) is 29.7 Å². The van der Waals surface area contributed by atoms with Gasteiger partial charge in [-0.3, -0.25) is 4.79 Å². The van der Waals surface area contributed by atoms with Crippen LogP contribution >= 0.6 is 27.3 Å². The van der Waals surface area contributed by atoms with Crippen LogP contribution in [0.1, 0.15) is 53.6 Å². The number of para-hydroxylation sites is 1. The van der Waals surface area contributed by atoms with Gasteiger partial charge in [0.15, 0.2) is 0 Å². The Labute approximate surface area is 201 Å². The van der Waals surface area contributed by atoms with Gasteiger partial charge < -0.3 is 10.4 Å². The number of amides is 1. The topological polar surface area (TPSA) is 61.7 Å². The van der Waals surface area contributed by atoms with Crippen LogP contribution in [0.15, 0.2) is 58.0 Å². The summed E-state index contributed by atoms with van der Waals surface area (Å²) in [6, 6.07) is 14.7. The van der Waals surface area contributed by atoms with Crippen LogP contribution in [0.25, 0.3) is 0 Å². The fourth-order valence-corrected chi connectivity index (χ4v) is 5.76. The molecule has 2 N–H and O–H groups in total. The van der Waals surface area contributed by atoms with Gasteiger partial charge in [-0.25, -0.2) is 4.99 Å². The summed E-state index contributed by atoms with van der Waals surface area (Å²) in [6.45, 7) is 6.86. The second kappa shape index (κ2) is 9.20. The van der Waals surface area contributed by atoms with Gasteiger partial charge in [0.05, 0.1) is 5.56 Å². The molecule has 1 heterocycles. The first kappa shape index (κ1) is 22.7. The third-order valence-electron chi connectivity index (χ3n) is 6.04. The Morgan fingerprint density at radius 1 is 1.22 bits per heavy atom. The molecule has 1 aliphatic rings.